The van der Waals surface area contributed by atoms with Crippen molar-refractivity contribution in [2.24, 2.45) is 0 Å². The number of nitrogens with zero attached hydrogens (tertiary/aromatic N) is 4. The molecule has 0 radical (unpaired) electrons. The Hall–Kier alpha value is -7.60. The summed E-state index contributed by atoms with van der Waals surface area (Å²) >= 11 is 1.81. The van der Waals surface area contributed by atoms with Gasteiger partial charge >= 0.3 is 0 Å². The first-order valence-electron chi connectivity index (χ1n) is 20.1. The summed E-state index contributed by atoms with van der Waals surface area (Å²) in [4.78, 5) is 20.3. The van der Waals surface area contributed by atoms with Gasteiger partial charge in [0.15, 0.2) is 17.5 Å². The Bertz CT molecular complexity index is 3150. The van der Waals surface area contributed by atoms with Crippen LogP contribution >= 0.6 is 11.8 Å². The van der Waals surface area contributed by atoms with Crippen molar-refractivity contribution in [3.05, 3.63) is 218 Å². The highest BCUT2D eigenvalue weighted by Gasteiger charge is 2.27. The van der Waals surface area contributed by atoms with Gasteiger partial charge in [-0.15, -0.1) is 0 Å². The van der Waals surface area contributed by atoms with Crippen molar-refractivity contribution in [2.75, 3.05) is 4.90 Å². The molecule has 60 heavy (non-hydrogen) atoms. The minimum Gasteiger partial charge on any atom is -0.310 e. The van der Waals surface area contributed by atoms with Gasteiger partial charge in [0.1, 0.15) is 0 Å². The van der Waals surface area contributed by atoms with Crippen molar-refractivity contribution in [3.63, 3.8) is 0 Å². The molecule has 1 aliphatic heterocycles. The van der Waals surface area contributed by atoms with E-state index in [0.29, 0.717) is 17.5 Å². The molecule has 1 aliphatic rings. The Morgan fingerprint density at radius 1 is 0.333 bits per heavy atom. The third kappa shape index (κ3) is 6.51. The number of para-hydroxylation sites is 1. The van der Waals surface area contributed by atoms with Gasteiger partial charge in [0, 0.05) is 54.2 Å². The van der Waals surface area contributed by atoms with E-state index in [4.69, 9.17) is 15.0 Å². The van der Waals surface area contributed by atoms with Crippen molar-refractivity contribution in [3.8, 4) is 67.5 Å². The Morgan fingerprint density at radius 2 is 0.833 bits per heavy atom. The minimum absolute atomic E-state index is 0.636. The molecule has 0 bridgehead atoms. The summed E-state index contributed by atoms with van der Waals surface area (Å²) in [6.45, 7) is 0. The number of benzene rings is 9. The van der Waals surface area contributed by atoms with Crippen LogP contribution in [-0.4, -0.2) is 15.0 Å². The average Bonchev–Trinajstić information content (AvgIpc) is 3.33. The zero-order valence-corrected chi connectivity index (χ0v) is 33.3. The van der Waals surface area contributed by atoms with Crippen LogP contribution in [0.15, 0.2) is 228 Å². The van der Waals surface area contributed by atoms with Crippen LogP contribution in [0.1, 0.15) is 0 Å². The SMILES string of the molecule is c1ccc(-c2ccc(-c3nc(-c4ccccc4)nc(-c4cccc5c4-c4cccc6c(N(c7ccccc7)c7cccc(-c8ccccc8)c7)ccc(c46)S5)n3)cc2)cc1. The first-order chi connectivity index (χ1) is 29.7. The molecule has 2 heterocycles. The van der Waals surface area contributed by atoms with E-state index in [9.17, 15) is 0 Å². The fourth-order valence-electron chi connectivity index (χ4n) is 8.29. The Kier molecular flexibility index (Phi) is 9.06. The number of anilines is 3. The van der Waals surface area contributed by atoms with E-state index in [2.05, 4.69) is 199 Å². The molecule has 5 heteroatoms. The van der Waals surface area contributed by atoms with Crippen LogP contribution in [0.2, 0.25) is 0 Å². The second-order valence-corrected chi connectivity index (χ2v) is 15.9. The lowest BCUT2D eigenvalue weighted by Gasteiger charge is -2.29. The van der Waals surface area contributed by atoms with Gasteiger partial charge in [-0.25, -0.2) is 15.0 Å². The molecule has 11 rings (SSSR count). The van der Waals surface area contributed by atoms with E-state index in [1.165, 1.54) is 37.3 Å². The van der Waals surface area contributed by atoms with Gasteiger partial charge in [-0.2, -0.15) is 0 Å². The van der Waals surface area contributed by atoms with E-state index in [-0.39, 0.29) is 0 Å². The Balaban J connectivity index is 1.08. The van der Waals surface area contributed by atoms with Crippen LogP contribution in [0, 0.1) is 0 Å². The molecular formula is C55H36N4S. The minimum atomic E-state index is 0.636. The van der Waals surface area contributed by atoms with Crippen LogP contribution in [0.5, 0.6) is 0 Å². The second-order valence-electron chi connectivity index (χ2n) is 14.8. The highest BCUT2D eigenvalue weighted by atomic mass is 32.2. The van der Waals surface area contributed by atoms with Crippen LogP contribution in [0.4, 0.5) is 17.1 Å². The monoisotopic (exact) mass is 784 g/mol. The van der Waals surface area contributed by atoms with Crippen molar-refractivity contribution in [2.45, 2.75) is 9.79 Å². The molecule has 0 unspecified atom stereocenters. The van der Waals surface area contributed by atoms with Gasteiger partial charge in [-0.1, -0.05) is 188 Å². The molecule has 9 aromatic carbocycles. The van der Waals surface area contributed by atoms with Crippen molar-refractivity contribution < 1.29 is 0 Å². The predicted octanol–water partition coefficient (Wildman–Crippen LogP) is 15.0. The topological polar surface area (TPSA) is 41.9 Å². The lowest BCUT2D eigenvalue weighted by Crippen LogP contribution is -2.11. The summed E-state index contributed by atoms with van der Waals surface area (Å²) in [6.07, 6.45) is 0. The molecule has 0 saturated carbocycles. The molecule has 0 N–H and O–H groups in total. The summed E-state index contributed by atoms with van der Waals surface area (Å²) in [7, 11) is 0. The standard InChI is InChI=1S/C55H36N4S/c1-5-16-37(17-6-1)39-30-32-41(33-31-39)54-56-53(40-20-9-3-10-21-40)57-55(58-54)47-28-15-29-49-52(47)46-27-14-26-45-48(34-35-50(60-49)51(45)46)59(43-23-11-4-12-24-43)44-25-13-22-42(36-44)38-18-7-2-8-19-38/h1-36H. The maximum absolute atomic E-state index is 5.25. The molecule has 10 aromatic rings. The lowest BCUT2D eigenvalue weighted by atomic mass is 9.92. The number of aromatic nitrogens is 3. The van der Waals surface area contributed by atoms with E-state index in [1.807, 2.05) is 24.3 Å². The van der Waals surface area contributed by atoms with E-state index in [0.717, 1.165) is 50.4 Å². The summed E-state index contributed by atoms with van der Waals surface area (Å²) in [5, 5.41) is 2.39. The zero-order valence-electron chi connectivity index (χ0n) is 32.5. The molecular weight excluding hydrogens is 749 g/mol. The number of hydrogen-bond acceptors (Lipinski definition) is 5. The summed E-state index contributed by atoms with van der Waals surface area (Å²) in [5.74, 6) is 1.92. The van der Waals surface area contributed by atoms with Crippen LogP contribution in [0.25, 0.3) is 78.3 Å². The van der Waals surface area contributed by atoms with Crippen molar-refractivity contribution in [1.82, 2.24) is 15.0 Å². The number of rotatable bonds is 8. The van der Waals surface area contributed by atoms with Gasteiger partial charge < -0.3 is 4.90 Å². The van der Waals surface area contributed by atoms with Gasteiger partial charge in [0.05, 0.1) is 5.69 Å². The normalized spacial score (nSPS) is 11.6. The predicted molar refractivity (Wildman–Crippen MR) is 249 cm³/mol. The summed E-state index contributed by atoms with van der Waals surface area (Å²) in [5.41, 5.74) is 13.1. The molecule has 0 spiro atoms. The van der Waals surface area contributed by atoms with Gasteiger partial charge in [0.25, 0.3) is 0 Å². The van der Waals surface area contributed by atoms with E-state index in [1.54, 1.807) is 11.8 Å². The van der Waals surface area contributed by atoms with Gasteiger partial charge in [0.2, 0.25) is 0 Å². The Labute approximate surface area is 353 Å². The van der Waals surface area contributed by atoms with Gasteiger partial charge in [-0.05, 0) is 70.3 Å². The van der Waals surface area contributed by atoms with Crippen LogP contribution in [0.3, 0.4) is 0 Å². The first-order valence-corrected chi connectivity index (χ1v) is 20.9. The third-order valence-corrected chi connectivity index (χ3v) is 12.2. The first kappa shape index (κ1) is 35.6. The fourth-order valence-corrected chi connectivity index (χ4v) is 9.45. The zero-order chi connectivity index (χ0) is 39.8. The lowest BCUT2D eigenvalue weighted by molar-refractivity contribution is 1.07. The smallest absolute Gasteiger partial charge is 0.164 e. The fraction of sp³-hybridized carbons (Fsp3) is 0. The maximum Gasteiger partial charge on any atom is 0.164 e. The maximum atomic E-state index is 5.25. The van der Waals surface area contributed by atoms with Crippen LogP contribution < -0.4 is 4.90 Å². The summed E-state index contributed by atoms with van der Waals surface area (Å²) in [6, 6.07) is 77.0. The number of hydrogen-bond donors (Lipinski definition) is 0. The molecule has 282 valence electrons. The van der Waals surface area contributed by atoms with Crippen molar-refractivity contribution in [1.29, 1.82) is 0 Å². The molecule has 0 fully saturated rings. The molecule has 0 saturated heterocycles. The van der Waals surface area contributed by atoms with E-state index < -0.39 is 0 Å². The molecule has 4 nitrogen and oxygen atoms in total. The van der Waals surface area contributed by atoms with Crippen molar-refractivity contribution >= 4 is 39.6 Å². The second kappa shape index (κ2) is 15.3. The molecule has 1 aromatic heterocycles. The largest absolute Gasteiger partial charge is 0.310 e. The molecule has 0 atom stereocenters. The van der Waals surface area contributed by atoms with Gasteiger partial charge in [-0.3, -0.25) is 0 Å². The Morgan fingerprint density at radius 3 is 1.53 bits per heavy atom. The quantitative estimate of drug-likeness (QED) is 0.153. The molecule has 0 amide bonds. The van der Waals surface area contributed by atoms with Crippen LogP contribution in [-0.2, 0) is 0 Å². The highest BCUT2D eigenvalue weighted by Crippen LogP contribution is 2.53. The molecule has 0 aliphatic carbocycles. The highest BCUT2D eigenvalue weighted by molar-refractivity contribution is 7.99. The summed E-state index contributed by atoms with van der Waals surface area (Å²) < 4.78 is 0. The van der Waals surface area contributed by atoms with E-state index >= 15 is 0 Å². The third-order valence-electron chi connectivity index (χ3n) is 11.1. The average molecular weight is 785 g/mol. The number of fused-ring (bicyclic) bond motifs is 2.